The molecule has 0 saturated heterocycles. The normalized spacial score (nSPS) is 11.4. The summed E-state index contributed by atoms with van der Waals surface area (Å²) in [4.78, 5) is 25.0. The van der Waals surface area contributed by atoms with E-state index in [1.807, 2.05) is 61.5 Å². The van der Waals surface area contributed by atoms with E-state index in [9.17, 15) is 9.59 Å². The summed E-state index contributed by atoms with van der Waals surface area (Å²) >= 11 is 0. The number of hydrogen-bond acceptors (Lipinski definition) is 4. The van der Waals surface area contributed by atoms with Crippen molar-refractivity contribution in [1.29, 1.82) is 0 Å². The maximum Gasteiger partial charge on any atom is 0.339 e. The number of methoxy groups -OCH3 is 1. The van der Waals surface area contributed by atoms with Crippen molar-refractivity contribution in [3.05, 3.63) is 83.9 Å². The van der Waals surface area contributed by atoms with Gasteiger partial charge in [0.05, 0.1) is 12.7 Å². The van der Waals surface area contributed by atoms with Gasteiger partial charge in [-0.2, -0.15) is 0 Å². The highest BCUT2D eigenvalue weighted by Gasteiger charge is 2.20. The molecule has 0 spiro atoms. The number of ether oxygens (including phenoxy) is 2. The van der Waals surface area contributed by atoms with Crippen molar-refractivity contribution >= 4 is 17.6 Å². The van der Waals surface area contributed by atoms with Crippen molar-refractivity contribution in [3.8, 4) is 16.9 Å². The van der Waals surface area contributed by atoms with E-state index < -0.39 is 18.0 Å². The van der Waals surface area contributed by atoms with E-state index in [2.05, 4.69) is 5.32 Å². The molecule has 1 atom stereocenters. The second kappa shape index (κ2) is 9.06. The van der Waals surface area contributed by atoms with Gasteiger partial charge in [-0.05, 0) is 43.2 Å². The molecular weight excluding hydrogens is 366 g/mol. The third kappa shape index (κ3) is 4.82. The molecule has 0 bridgehead atoms. The Hall–Kier alpha value is -3.60. The van der Waals surface area contributed by atoms with E-state index >= 15 is 0 Å². The van der Waals surface area contributed by atoms with Gasteiger partial charge in [-0.25, -0.2) is 4.79 Å². The smallest absolute Gasteiger partial charge is 0.339 e. The Morgan fingerprint density at radius 3 is 2.34 bits per heavy atom. The Morgan fingerprint density at radius 1 is 0.931 bits per heavy atom. The number of benzene rings is 3. The summed E-state index contributed by atoms with van der Waals surface area (Å²) in [6.07, 6.45) is -0.960. The number of rotatable bonds is 6. The maximum absolute atomic E-state index is 12.6. The summed E-state index contributed by atoms with van der Waals surface area (Å²) in [6, 6.07) is 22.3. The molecule has 148 valence electrons. The predicted octanol–water partition coefficient (Wildman–Crippen LogP) is 4.85. The van der Waals surface area contributed by atoms with Crippen molar-refractivity contribution < 1.29 is 19.1 Å². The molecule has 29 heavy (non-hydrogen) atoms. The van der Waals surface area contributed by atoms with E-state index in [1.54, 1.807) is 25.1 Å². The molecule has 5 nitrogen and oxygen atoms in total. The monoisotopic (exact) mass is 389 g/mol. The van der Waals surface area contributed by atoms with Crippen LogP contribution in [0.5, 0.6) is 5.75 Å². The molecule has 0 radical (unpaired) electrons. The lowest BCUT2D eigenvalue weighted by Gasteiger charge is -2.16. The van der Waals surface area contributed by atoms with Gasteiger partial charge in [0.2, 0.25) is 0 Å². The van der Waals surface area contributed by atoms with Gasteiger partial charge in [0.25, 0.3) is 5.91 Å². The van der Waals surface area contributed by atoms with Crippen LogP contribution in [0.1, 0.15) is 22.8 Å². The first-order chi connectivity index (χ1) is 14.0. The summed E-state index contributed by atoms with van der Waals surface area (Å²) in [5.74, 6) is -0.392. The van der Waals surface area contributed by atoms with Crippen LogP contribution in [-0.2, 0) is 9.53 Å². The number of para-hydroxylation sites is 1. The van der Waals surface area contributed by atoms with Crippen LogP contribution in [0.2, 0.25) is 0 Å². The van der Waals surface area contributed by atoms with Gasteiger partial charge in [0.15, 0.2) is 6.10 Å². The minimum atomic E-state index is -0.960. The molecule has 0 saturated carbocycles. The van der Waals surface area contributed by atoms with Crippen LogP contribution in [0, 0.1) is 6.92 Å². The molecule has 0 aliphatic carbocycles. The molecule has 0 aromatic heterocycles. The fourth-order valence-corrected chi connectivity index (χ4v) is 2.93. The Bertz CT molecular complexity index is 1010. The third-order valence-electron chi connectivity index (χ3n) is 4.57. The summed E-state index contributed by atoms with van der Waals surface area (Å²) < 4.78 is 10.6. The van der Waals surface area contributed by atoms with Crippen molar-refractivity contribution in [2.24, 2.45) is 0 Å². The van der Waals surface area contributed by atoms with Crippen LogP contribution in [0.4, 0.5) is 5.69 Å². The van der Waals surface area contributed by atoms with Gasteiger partial charge < -0.3 is 14.8 Å². The molecule has 5 heteroatoms. The largest absolute Gasteiger partial charge is 0.496 e. The van der Waals surface area contributed by atoms with E-state index in [0.29, 0.717) is 17.0 Å². The number of hydrogen-bond donors (Lipinski definition) is 1. The third-order valence-corrected chi connectivity index (χ3v) is 4.57. The number of esters is 1. The van der Waals surface area contributed by atoms with Crippen molar-refractivity contribution in [2.45, 2.75) is 20.0 Å². The van der Waals surface area contributed by atoms with Crippen molar-refractivity contribution in [2.75, 3.05) is 12.4 Å². The lowest BCUT2D eigenvalue weighted by molar-refractivity contribution is -0.123. The summed E-state index contributed by atoms with van der Waals surface area (Å²) in [7, 11) is 1.54. The number of anilines is 1. The standard InChI is InChI=1S/C24H23NO4/c1-16-13-14-19(15-22(16)28-3)24(27)29-17(2)23(26)25-21-12-8-7-11-20(21)18-9-5-4-6-10-18/h4-15,17H,1-3H3,(H,25,26)/t17-/m1/s1. The molecule has 0 fully saturated rings. The number of carbonyl (C=O) groups is 2. The van der Waals surface area contributed by atoms with Gasteiger partial charge in [0, 0.05) is 11.3 Å². The minimum Gasteiger partial charge on any atom is -0.496 e. The summed E-state index contributed by atoms with van der Waals surface area (Å²) in [6.45, 7) is 3.43. The molecule has 1 N–H and O–H groups in total. The zero-order valence-corrected chi connectivity index (χ0v) is 16.6. The number of aryl methyl sites for hydroxylation is 1. The molecule has 0 aliphatic rings. The van der Waals surface area contributed by atoms with Crippen LogP contribution in [0.15, 0.2) is 72.8 Å². The fourth-order valence-electron chi connectivity index (χ4n) is 2.93. The molecule has 0 unspecified atom stereocenters. The number of nitrogens with one attached hydrogen (secondary N) is 1. The van der Waals surface area contributed by atoms with Gasteiger partial charge >= 0.3 is 5.97 Å². The lowest BCUT2D eigenvalue weighted by atomic mass is 10.0. The highest BCUT2D eigenvalue weighted by atomic mass is 16.5. The lowest BCUT2D eigenvalue weighted by Crippen LogP contribution is -2.30. The Kier molecular flexibility index (Phi) is 6.29. The van der Waals surface area contributed by atoms with Crippen LogP contribution in [0.25, 0.3) is 11.1 Å². The predicted molar refractivity (Wildman–Crippen MR) is 113 cm³/mol. The zero-order valence-electron chi connectivity index (χ0n) is 16.6. The van der Waals surface area contributed by atoms with Crippen LogP contribution in [0.3, 0.4) is 0 Å². The first kappa shape index (κ1) is 20.1. The second-order valence-corrected chi connectivity index (χ2v) is 6.63. The highest BCUT2D eigenvalue weighted by Crippen LogP contribution is 2.27. The molecule has 3 aromatic rings. The van der Waals surface area contributed by atoms with E-state index in [4.69, 9.17) is 9.47 Å². The molecule has 3 aromatic carbocycles. The summed E-state index contributed by atoms with van der Waals surface area (Å²) in [5.41, 5.74) is 3.77. The van der Waals surface area contributed by atoms with Crippen molar-refractivity contribution in [1.82, 2.24) is 0 Å². The molecule has 0 heterocycles. The van der Waals surface area contributed by atoms with Crippen molar-refractivity contribution in [3.63, 3.8) is 0 Å². The van der Waals surface area contributed by atoms with Gasteiger partial charge in [-0.15, -0.1) is 0 Å². The van der Waals surface area contributed by atoms with E-state index in [-0.39, 0.29) is 0 Å². The first-order valence-electron chi connectivity index (χ1n) is 9.30. The fraction of sp³-hybridized carbons (Fsp3) is 0.167. The second-order valence-electron chi connectivity index (χ2n) is 6.63. The van der Waals surface area contributed by atoms with Gasteiger partial charge in [-0.3, -0.25) is 4.79 Å². The van der Waals surface area contributed by atoms with E-state index in [0.717, 1.165) is 16.7 Å². The molecule has 0 aliphatic heterocycles. The average molecular weight is 389 g/mol. The van der Waals surface area contributed by atoms with E-state index in [1.165, 1.54) is 7.11 Å². The number of carbonyl (C=O) groups excluding carboxylic acids is 2. The molecule has 3 rings (SSSR count). The Balaban J connectivity index is 1.71. The Morgan fingerprint density at radius 2 is 1.62 bits per heavy atom. The quantitative estimate of drug-likeness (QED) is 0.612. The average Bonchev–Trinajstić information content (AvgIpc) is 2.75. The summed E-state index contributed by atoms with van der Waals surface area (Å²) in [5, 5.41) is 2.86. The topological polar surface area (TPSA) is 64.6 Å². The number of amides is 1. The SMILES string of the molecule is COc1cc(C(=O)O[C@H](C)C(=O)Nc2ccccc2-c2ccccc2)ccc1C. The van der Waals surface area contributed by atoms with Crippen LogP contribution >= 0.6 is 0 Å². The van der Waals surface area contributed by atoms with Gasteiger partial charge in [-0.1, -0.05) is 54.6 Å². The maximum atomic E-state index is 12.6. The zero-order chi connectivity index (χ0) is 20.8. The van der Waals surface area contributed by atoms with Gasteiger partial charge in [0.1, 0.15) is 5.75 Å². The Labute approximate surface area is 170 Å². The highest BCUT2D eigenvalue weighted by molar-refractivity contribution is 6.00. The minimum absolute atomic E-state index is 0.330. The van der Waals surface area contributed by atoms with Crippen LogP contribution in [-0.4, -0.2) is 25.1 Å². The molecule has 1 amide bonds. The molecular formula is C24H23NO4. The first-order valence-corrected chi connectivity index (χ1v) is 9.30. The van der Waals surface area contributed by atoms with Crippen LogP contribution < -0.4 is 10.1 Å².